The van der Waals surface area contributed by atoms with Gasteiger partial charge in [-0.2, -0.15) is 0 Å². The van der Waals surface area contributed by atoms with E-state index in [2.05, 4.69) is 4.98 Å². The number of ether oxygens (including phenoxy) is 1. The van der Waals surface area contributed by atoms with Crippen molar-refractivity contribution in [2.75, 3.05) is 13.7 Å². The quantitative estimate of drug-likeness (QED) is 0.819. The molecule has 4 nitrogen and oxygen atoms in total. The fourth-order valence-corrected chi connectivity index (χ4v) is 1.65. The molecule has 0 amide bonds. The Bertz CT molecular complexity index is 451. The summed E-state index contributed by atoms with van der Waals surface area (Å²) in [6, 6.07) is 2.04. The van der Waals surface area contributed by atoms with Crippen molar-refractivity contribution in [2.24, 2.45) is 0 Å². The van der Waals surface area contributed by atoms with Gasteiger partial charge in [-0.3, -0.25) is 0 Å². The molecule has 0 atom stereocenters. The summed E-state index contributed by atoms with van der Waals surface area (Å²) in [4.78, 5) is 4.13. The third-order valence-corrected chi connectivity index (χ3v) is 2.36. The summed E-state index contributed by atoms with van der Waals surface area (Å²) in [5, 5.41) is 8.76. The van der Waals surface area contributed by atoms with Crippen LogP contribution in [0.15, 0.2) is 24.7 Å². The van der Waals surface area contributed by atoms with E-state index in [1.54, 1.807) is 13.3 Å². The van der Waals surface area contributed by atoms with Crippen LogP contribution in [-0.4, -0.2) is 28.2 Å². The third-order valence-electron chi connectivity index (χ3n) is 2.36. The number of rotatable bonds is 4. The largest absolute Gasteiger partial charge is 0.480 e. The molecule has 0 bridgehead atoms. The number of hydrogen-bond donors (Lipinski definition) is 1. The minimum absolute atomic E-state index is 0.224. The molecular formula is C11H14N2O2. The molecule has 2 heterocycles. The molecule has 2 aromatic heterocycles. The Morgan fingerprint density at radius 3 is 3.13 bits per heavy atom. The van der Waals surface area contributed by atoms with Crippen molar-refractivity contribution in [3.8, 4) is 5.88 Å². The maximum Gasteiger partial charge on any atom is 0.238 e. The van der Waals surface area contributed by atoms with E-state index in [9.17, 15) is 0 Å². The van der Waals surface area contributed by atoms with Crippen LogP contribution in [-0.2, 0) is 6.42 Å². The van der Waals surface area contributed by atoms with E-state index in [1.807, 2.05) is 22.9 Å². The Morgan fingerprint density at radius 1 is 1.53 bits per heavy atom. The van der Waals surface area contributed by atoms with Gasteiger partial charge in [-0.15, -0.1) is 0 Å². The van der Waals surface area contributed by atoms with E-state index in [-0.39, 0.29) is 6.61 Å². The van der Waals surface area contributed by atoms with Crippen molar-refractivity contribution < 1.29 is 9.84 Å². The first kappa shape index (κ1) is 9.98. The summed E-state index contributed by atoms with van der Waals surface area (Å²) < 4.78 is 7.15. The topological polar surface area (TPSA) is 46.8 Å². The smallest absolute Gasteiger partial charge is 0.238 e. The number of hydrogen-bond acceptors (Lipinski definition) is 3. The molecular weight excluding hydrogens is 192 g/mol. The van der Waals surface area contributed by atoms with E-state index >= 15 is 0 Å². The van der Waals surface area contributed by atoms with Crippen molar-refractivity contribution in [1.29, 1.82) is 0 Å². The van der Waals surface area contributed by atoms with Crippen molar-refractivity contribution >= 4 is 5.52 Å². The van der Waals surface area contributed by atoms with Crippen molar-refractivity contribution in [1.82, 2.24) is 9.38 Å². The SMILES string of the molecule is COc1nccn2cc(CCCO)cc12. The molecule has 0 spiro atoms. The molecule has 0 aliphatic heterocycles. The number of aliphatic hydroxyl groups excluding tert-OH is 1. The standard InChI is InChI=1S/C11H14N2O2/c1-15-11-10-7-9(3-2-6-14)8-13(10)5-4-12-11/h4-5,7-8,14H,2-3,6H2,1H3. The molecule has 4 heteroatoms. The van der Waals surface area contributed by atoms with Gasteiger partial charge in [0.15, 0.2) is 0 Å². The molecule has 0 unspecified atom stereocenters. The Labute approximate surface area is 88.1 Å². The molecule has 0 aliphatic rings. The third kappa shape index (κ3) is 1.94. The first-order valence-electron chi connectivity index (χ1n) is 4.95. The van der Waals surface area contributed by atoms with Gasteiger partial charge in [-0.1, -0.05) is 0 Å². The molecule has 0 saturated heterocycles. The summed E-state index contributed by atoms with van der Waals surface area (Å²) in [5.74, 6) is 0.632. The molecule has 15 heavy (non-hydrogen) atoms. The number of nitrogens with zero attached hydrogens (tertiary/aromatic N) is 2. The van der Waals surface area contributed by atoms with Crippen molar-refractivity contribution in [3.05, 3.63) is 30.2 Å². The normalized spacial score (nSPS) is 10.8. The van der Waals surface area contributed by atoms with Gasteiger partial charge in [0.25, 0.3) is 0 Å². The maximum absolute atomic E-state index is 8.76. The first-order valence-corrected chi connectivity index (χ1v) is 4.95. The zero-order valence-electron chi connectivity index (χ0n) is 8.68. The van der Waals surface area contributed by atoms with E-state index in [0.717, 1.165) is 18.4 Å². The van der Waals surface area contributed by atoms with Crippen LogP contribution in [0.1, 0.15) is 12.0 Å². The van der Waals surface area contributed by atoms with Crippen LogP contribution in [0.5, 0.6) is 5.88 Å². The number of aryl methyl sites for hydroxylation is 1. The predicted molar refractivity (Wildman–Crippen MR) is 57.2 cm³/mol. The van der Waals surface area contributed by atoms with Crippen LogP contribution >= 0.6 is 0 Å². The van der Waals surface area contributed by atoms with Gasteiger partial charge in [-0.05, 0) is 24.5 Å². The molecule has 0 aromatic carbocycles. The second kappa shape index (κ2) is 4.31. The van der Waals surface area contributed by atoms with Crippen LogP contribution in [0, 0.1) is 0 Å². The number of aliphatic hydroxyl groups is 1. The molecule has 0 fully saturated rings. The molecule has 2 aromatic rings. The summed E-state index contributed by atoms with van der Waals surface area (Å²) in [5.41, 5.74) is 2.16. The van der Waals surface area contributed by atoms with Crippen LogP contribution in [0.2, 0.25) is 0 Å². The molecule has 0 aliphatic carbocycles. The summed E-state index contributed by atoms with van der Waals surface area (Å²) >= 11 is 0. The fraction of sp³-hybridized carbons (Fsp3) is 0.364. The lowest BCUT2D eigenvalue weighted by atomic mass is 10.2. The zero-order chi connectivity index (χ0) is 10.7. The average molecular weight is 206 g/mol. The highest BCUT2D eigenvalue weighted by Gasteiger charge is 2.05. The van der Waals surface area contributed by atoms with Crippen molar-refractivity contribution in [2.45, 2.75) is 12.8 Å². The maximum atomic E-state index is 8.76. The highest BCUT2D eigenvalue weighted by molar-refractivity contribution is 5.58. The second-order valence-corrected chi connectivity index (χ2v) is 3.40. The zero-order valence-corrected chi connectivity index (χ0v) is 8.68. The van der Waals surface area contributed by atoms with Gasteiger partial charge in [0, 0.05) is 25.2 Å². The van der Waals surface area contributed by atoms with Crippen LogP contribution in [0.3, 0.4) is 0 Å². The highest BCUT2D eigenvalue weighted by atomic mass is 16.5. The Hall–Kier alpha value is -1.55. The summed E-state index contributed by atoms with van der Waals surface area (Å²) in [6.07, 6.45) is 7.30. The minimum atomic E-state index is 0.224. The van der Waals surface area contributed by atoms with Crippen LogP contribution < -0.4 is 4.74 Å². The first-order chi connectivity index (χ1) is 7.35. The second-order valence-electron chi connectivity index (χ2n) is 3.40. The van der Waals surface area contributed by atoms with E-state index in [0.29, 0.717) is 5.88 Å². The van der Waals surface area contributed by atoms with E-state index in [1.165, 1.54) is 5.56 Å². The van der Waals surface area contributed by atoms with Crippen molar-refractivity contribution in [3.63, 3.8) is 0 Å². The molecule has 0 radical (unpaired) electrons. The lowest BCUT2D eigenvalue weighted by Gasteiger charge is -1.99. The number of aromatic nitrogens is 2. The summed E-state index contributed by atoms with van der Waals surface area (Å²) in [6.45, 7) is 0.224. The molecule has 0 saturated carbocycles. The fourth-order valence-electron chi connectivity index (χ4n) is 1.65. The van der Waals surface area contributed by atoms with Gasteiger partial charge in [0.1, 0.15) is 5.52 Å². The van der Waals surface area contributed by atoms with Crippen LogP contribution in [0.4, 0.5) is 0 Å². The Kier molecular flexibility index (Phi) is 2.87. The van der Waals surface area contributed by atoms with E-state index in [4.69, 9.17) is 9.84 Å². The van der Waals surface area contributed by atoms with Gasteiger partial charge in [-0.25, -0.2) is 4.98 Å². The molecule has 1 N–H and O–H groups in total. The lowest BCUT2D eigenvalue weighted by Crippen LogP contribution is -1.90. The van der Waals surface area contributed by atoms with Gasteiger partial charge in [0.05, 0.1) is 7.11 Å². The molecule has 2 rings (SSSR count). The van der Waals surface area contributed by atoms with E-state index < -0.39 is 0 Å². The average Bonchev–Trinajstić information content (AvgIpc) is 2.68. The lowest BCUT2D eigenvalue weighted by molar-refractivity contribution is 0.288. The van der Waals surface area contributed by atoms with Crippen LogP contribution in [0.25, 0.3) is 5.52 Å². The summed E-state index contributed by atoms with van der Waals surface area (Å²) in [7, 11) is 1.61. The molecule has 80 valence electrons. The number of methoxy groups -OCH3 is 1. The van der Waals surface area contributed by atoms with Gasteiger partial charge < -0.3 is 14.2 Å². The number of fused-ring (bicyclic) bond motifs is 1. The van der Waals surface area contributed by atoms with Gasteiger partial charge in [0.2, 0.25) is 5.88 Å². The predicted octanol–water partition coefficient (Wildman–Crippen LogP) is 1.27. The Morgan fingerprint density at radius 2 is 2.40 bits per heavy atom. The highest BCUT2D eigenvalue weighted by Crippen LogP contribution is 2.19. The monoisotopic (exact) mass is 206 g/mol. The van der Waals surface area contributed by atoms with Gasteiger partial charge >= 0.3 is 0 Å². The minimum Gasteiger partial charge on any atom is -0.480 e. The Balaban J connectivity index is 2.37.